The molecule has 0 spiro atoms. The normalized spacial score (nSPS) is 12.3. The largest absolute Gasteiger partial charge is 0.496 e. The molecule has 1 aromatic heterocycles. The number of nitrogens with one attached hydrogen (secondary N) is 1. The van der Waals surface area contributed by atoms with E-state index in [-0.39, 0.29) is 0 Å². The first-order valence-electron chi connectivity index (χ1n) is 7.78. The molecular formula is C18H20ClN3O2. The third kappa shape index (κ3) is 3.47. The Labute approximate surface area is 145 Å². The van der Waals surface area contributed by atoms with E-state index in [1.807, 2.05) is 42.5 Å². The van der Waals surface area contributed by atoms with Gasteiger partial charge in [0, 0.05) is 17.1 Å². The fourth-order valence-corrected chi connectivity index (χ4v) is 2.85. The summed E-state index contributed by atoms with van der Waals surface area (Å²) < 4.78 is 7.51. The first-order chi connectivity index (χ1) is 11.6. The van der Waals surface area contributed by atoms with E-state index in [4.69, 9.17) is 16.3 Å². The molecule has 1 unspecified atom stereocenters. The number of hydrogen-bond donors (Lipinski definition) is 2. The first-order valence-corrected chi connectivity index (χ1v) is 8.16. The van der Waals surface area contributed by atoms with Gasteiger partial charge in [-0.1, -0.05) is 23.7 Å². The summed E-state index contributed by atoms with van der Waals surface area (Å²) in [6, 6.07) is 13.5. The molecule has 0 radical (unpaired) electrons. The SMILES string of the molecule is COc1ccc(Cl)cc1Cn1c(NCC(C)O)nc2ccccc21. The lowest BCUT2D eigenvalue weighted by molar-refractivity contribution is 0.208. The third-order valence-corrected chi connectivity index (χ3v) is 4.02. The molecule has 24 heavy (non-hydrogen) atoms. The van der Waals surface area contributed by atoms with Gasteiger partial charge >= 0.3 is 0 Å². The summed E-state index contributed by atoms with van der Waals surface area (Å²) in [6.07, 6.45) is -0.459. The number of hydrogen-bond acceptors (Lipinski definition) is 4. The van der Waals surface area contributed by atoms with Crippen molar-refractivity contribution in [1.29, 1.82) is 0 Å². The van der Waals surface area contributed by atoms with Crippen LogP contribution in [-0.4, -0.2) is 34.4 Å². The fraction of sp³-hybridized carbons (Fsp3) is 0.278. The number of rotatable bonds is 6. The molecule has 2 N–H and O–H groups in total. The number of methoxy groups -OCH3 is 1. The number of aliphatic hydroxyl groups excluding tert-OH is 1. The Morgan fingerprint density at radius 2 is 2.08 bits per heavy atom. The second-order valence-electron chi connectivity index (χ2n) is 5.70. The van der Waals surface area contributed by atoms with E-state index in [0.717, 1.165) is 22.3 Å². The average Bonchev–Trinajstić information content (AvgIpc) is 2.91. The van der Waals surface area contributed by atoms with Gasteiger partial charge in [0.25, 0.3) is 0 Å². The van der Waals surface area contributed by atoms with Crippen LogP contribution < -0.4 is 10.1 Å². The Morgan fingerprint density at radius 3 is 2.83 bits per heavy atom. The molecule has 1 heterocycles. The standard InChI is InChI=1S/C18H20ClN3O2/c1-12(23)10-20-18-21-15-5-3-4-6-16(15)22(18)11-13-9-14(19)7-8-17(13)24-2/h3-9,12,23H,10-11H2,1-2H3,(H,20,21). The Morgan fingerprint density at radius 1 is 1.29 bits per heavy atom. The Balaban J connectivity index is 2.04. The van der Waals surface area contributed by atoms with E-state index < -0.39 is 6.10 Å². The van der Waals surface area contributed by atoms with Crippen LogP contribution >= 0.6 is 11.6 Å². The van der Waals surface area contributed by atoms with Gasteiger partial charge in [-0.25, -0.2) is 4.98 Å². The van der Waals surface area contributed by atoms with Crippen LogP contribution in [0, 0.1) is 0 Å². The predicted molar refractivity (Wildman–Crippen MR) is 97.0 cm³/mol. The number of aliphatic hydroxyl groups is 1. The van der Waals surface area contributed by atoms with Gasteiger partial charge in [-0.2, -0.15) is 0 Å². The summed E-state index contributed by atoms with van der Waals surface area (Å²) in [5.41, 5.74) is 2.87. The molecule has 6 heteroatoms. The van der Waals surface area contributed by atoms with Crippen molar-refractivity contribution in [1.82, 2.24) is 9.55 Å². The van der Waals surface area contributed by atoms with E-state index in [0.29, 0.717) is 24.1 Å². The molecule has 126 valence electrons. The number of para-hydroxylation sites is 2. The van der Waals surface area contributed by atoms with Crippen molar-refractivity contribution in [3.05, 3.63) is 53.1 Å². The topological polar surface area (TPSA) is 59.3 Å². The molecule has 0 saturated carbocycles. The third-order valence-electron chi connectivity index (χ3n) is 3.78. The van der Waals surface area contributed by atoms with Crippen molar-refractivity contribution in [2.75, 3.05) is 19.0 Å². The molecule has 5 nitrogen and oxygen atoms in total. The second-order valence-corrected chi connectivity index (χ2v) is 6.13. The van der Waals surface area contributed by atoms with Crippen molar-refractivity contribution in [3.63, 3.8) is 0 Å². The molecule has 2 aromatic carbocycles. The van der Waals surface area contributed by atoms with Crippen LogP contribution in [0.15, 0.2) is 42.5 Å². The molecular weight excluding hydrogens is 326 g/mol. The van der Waals surface area contributed by atoms with Gasteiger partial charge in [0.2, 0.25) is 5.95 Å². The minimum absolute atomic E-state index is 0.427. The lowest BCUT2D eigenvalue weighted by Gasteiger charge is -2.14. The van der Waals surface area contributed by atoms with E-state index >= 15 is 0 Å². The summed E-state index contributed by atoms with van der Waals surface area (Å²) in [5, 5.41) is 13.4. The highest BCUT2D eigenvalue weighted by molar-refractivity contribution is 6.30. The number of anilines is 1. The monoisotopic (exact) mass is 345 g/mol. The summed E-state index contributed by atoms with van der Waals surface area (Å²) >= 11 is 6.15. The highest BCUT2D eigenvalue weighted by Gasteiger charge is 2.13. The fourth-order valence-electron chi connectivity index (χ4n) is 2.65. The van der Waals surface area contributed by atoms with Crippen LogP contribution in [0.5, 0.6) is 5.75 Å². The molecule has 3 rings (SSSR count). The van der Waals surface area contributed by atoms with Crippen LogP contribution in [0.4, 0.5) is 5.95 Å². The van der Waals surface area contributed by atoms with Gasteiger partial charge in [-0.05, 0) is 37.3 Å². The van der Waals surface area contributed by atoms with E-state index in [1.54, 1.807) is 14.0 Å². The summed E-state index contributed by atoms with van der Waals surface area (Å²) in [5.74, 6) is 1.48. The van der Waals surface area contributed by atoms with Crippen LogP contribution in [0.2, 0.25) is 5.02 Å². The van der Waals surface area contributed by atoms with Crippen LogP contribution in [-0.2, 0) is 6.54 Å². The number of imidazole rings is 1. The van der Waals surface area contributed by atoms with Crippen LogP contribution in [0.1, 0.15) is 12.5 Å². The number of benzene rings is 2. The zero-order chi connectivity index (χ0) is 17.1. The molecule has 0 amide bonds. The molecule has 0 fully saturated rings. The minimum atomic E-state index is -0.459. The number of aromatic nitrogens is 2. The van der Waals surface area contributed by atoms with Gasteiger partial charge < -0.3 is 19.7 Å². The second kappa shape index (κ2) is 7.11. The zero-order valence-electron chi connectivity index (χ0n) is 13.7. The first kappa shape index (κ1) is 16.6. The van der Waals surface area contributed by atoms with Gasteiger partial charge in [-0.15, -0.1) is 0 Å². The quantitative estimate of drug-likeness (QED) is 0.717. The summed E-state index contributed by atoms with van der Waals surface area (Å²) in [7, 11) is 1.64. The molecule has 3 aromatic rings. The van der Waals surface area contributed by atoms with Crippen molar-refractivity contribution >= 4 is 28.6 Å². The number of fused-ring (bicyclic) bond motifs is 1. The maximum atomic E-state index is 9.55. The molecule has 0 bridgehead atoms. The number of ether oxygens (including phenoxy) is 1. The van der Waals surface area contributed by atoms with Crippen molar-refractivity contribution in [3.8, 4) is 5.75 Å². The summed E-state index contributed by atoms with van der Waals surface area (Å²) in [4.78, 5) is 4.63. The predicted octanol–water partition coefficient (Wildman–Crippen LogP) is 3.54. The number of halogens is 1. The maximum Gasteiger partial charge on any atom is 0.204 e. The highest BCUT2D eigenvalue weighted by atomic mass is 35.5. The van der Waals surface area contributed by atoms with E-state index in [9.17, 15) is 5.11 Å². The van der Waals surface area contributed by atoms with Crippen molar-refractivity contribution < 1.29 is 9.84 Å². The smallest absolute Gasteiger partial charge is 0.204 e. The van der Waals surface area contributed by atoms with Crippen LogP contribution in [0.3, 0.4) is 0 Å². The van der Waals surface area contributed by atoms with Crippen molar-refractivity contribution in [2.45, 2.75) is 19.6 Å². The van der Waals surface area contributed by atoms with Gasteiger partial charge in [0.05, 0.1) is 30.8 Å². The van der Waals surface area contributed by atoms with Gasteiger partial charge in [0.15, 0.2) is 0 Å². The Bertz CT molecular complexity index is 845. The molecule has 0 aliphatic carbocycles. The van der Waals surface area contributed by atoms with E-state index in [1.165, 1.54) is 0 Å². The lowest BCUT2D eigenvalue weighted by Crippen LogP contribution is -2.18. The van der Waals surface area contributed by atoms with Gasteiger partial charge in [0.1, 0.15) is 5.75 Å². The van der Waals surface area contributed by atoms with Crippen LogP contribution in [0.25, 0.3) is 11.0 Å². The summed E-state index contributed by atoms with van der Waals surface area (Å²) in [6.45, 7) is 2.72. The highest BCUT2D eigenvalue weighted by Crippen LogP contribution is 2.27. The van der Waals surface area contributed by atoms with E-state index in [2.05, 4.69) is 14.9 Å². The maximum absolute atomic E-state index is 9.55. The molecule has 0 aliphatic heterocycles. The minimum Gasteiger partial charge on any atom is -0.496 e. The zero-order valence-corrected chi connectivity index (χ0v) is 14.4. The molecule has 1 atom stereocenters. The molecule has 0 aliphatic rings. The van der Waals surface area contributed by atoms with Crippen molar-refractivity contribution in [2.24, 2.45) is 0 Å². The molecule has 0 saturated heterocycles. The Hall–Kier alpha value is -2.24. The van der Waals surface area contributed by atoms with Gasteiger partial charge in [-0.3, -0.25) is 0 Å². The number of nitrogens with zero attached hydrogens (tertiary/aromatic N) is 2. The average molecular weight is 346 g/mol. The lowest BCUT2D eigenvalue weighted by atomic mass is 10.2. The Kier molecular flexibility index (Phi) is 4.92.